The van der Waals surface area contributed by atoms with Crippen LogP contribution in [0.2, 0.25) is 0 Å². The van der Waals surface area contributed by atoms with Gasteiger partial charge in [0, 0.05) is 37.5 Å². The number of likely N-dealkylation sites (tertiary alicyclic amines) is 1. The van der Waals surface area contributed by atoms with Crippen molar-refractivity contribution >= 4 is 38.5 Å². The van der Waals surface area contributed by atoms with Gasteiger partial charge in [-0.2, -0.15) is 4.31 Å². The fourth-order valence-corrected chi connectivity index (χ4v) is 6.65. The Hall–Kier alpha value is -3.17. The predicted molar refractivity (Wildman–Crippen MR) is 142 cm³/mol. The first-order valence-electron chi connectivity index (χ1n) is 13.0. The van der Waals surface area contributed by atoms with Crippen molar-refractivity contribution in [2.24, 2.45) is 5.92 Å². The molecule has 2 saturated heterocycles. The second-order valence-corrected chi connectivity index (χ2v) is 11.9. The predicted octanol–water partition coefficient (Wildman–Crippen LogP) is 4.80. The van der Waals surface area contributed by atoms with E-state index in [0.29, 0.717) is 42.6 Å². The van der Waals surface area contributed by atoms with E-state index in [0.717, 1.165) is 31.2 Å². The molecule has 0 radical (unpaired) electrons. The zero-order valence-corrected chi connectivity index (χ0v) is 21.9. The molecule has 0 saturated carbocycles. The van der Waals surface area contributed by atoms with Gasteiger partial charge in [-0.25, -0.2) is 8.42 Å². The van der Waals surface area contributed by atoms with Gasteiger partial charge in [0.15, 0.2) is 0 Å². The number of para-hydroxylation sites is 1. The van der Waals surface area contributed by atoms with E-state index in [9.17, 15) is 18.0 Å². The third-order valence-corrected chi connectivity index (χ3v) is 9.33. The van der Waals surface area contributed by atoms with Crippen molar-refractivity contribution in [3.63, 3.8) is 0 Å². The summed E-state index contributed by atoms with van der Waals surface area (Å²) in [5.74, 6) is -0.619. The number of rotatable bonds is 5. The molecule has 9 heteroatoms. The molecule has 3 heterocycles. The Balaban J connectivity index is 1.31. The normalized spacial score (nSPS) is 18.0. The van der Waals surface area contributed by atoms with Gasteiger partial charge in [-0.1, -0.05) is 42.7 Å². The molecule has 196 valence electrons. The molecule has 0 atom stereocenters. The number of piperidine rings is 1. The maximum atomic E-state index is 13.4. The highest BCUT2D eigenvalue weighted by molar-refractivity contribution is 7.89. The number of amides is 2. The van der Waals surface area contributed by atoms with Gasteiger partial charge < -0.3 is 14.6 Å². The minimum absolute atomic E-state index is 0.163. The minimum atomic E-state index is -3.60. The molecule has 0 bridgehead atoms. The standard InChI is InChI=1S/C28H33N3O5S/c1-20-10-12-22(13-11-20)37(34,35)31-18-14-21(15-19-31)27(32)29-25-23-8-4-5-9-24(23)36-26(25)28(33)30-16-6-2-3-7-17-30/h4-5,8-13,21H,2-3,6-7,14-19H2,1H3,(H,29,32). The molecule has 0 aliphatic carbocycles. The molecule has 2 fully saturated rings. The number of carbonyl (C=O) groups is 2. The van der Waals surface area contributed by atoms with E-state index in [2.05, 4.69) is 5.32 Å². The largest absolute Gasteiger partial charge is 0.449 e. The zero-order valence-electron chi connectivity index (χ0n) is 21.1. The van der Waals surface area contributed by atoms with Crippen LogP contribution in [0.3, 0.4) is 0 Å². The van der Waals surface area contributed by atoms with Crippen molar-refractivity contribution < 1.29 is 22.4 Å². The van der Waals surface area contributed by atoms with Crippen molar-refractivity contribution in [2.75, 3.05) is 31.5 Å². The van der Waals surface area contributed by atoms with Gasteiger partial charge in [0.2, 0.25) is 21.7 Å². The lowest BCUT2D eigenvalue weighted by Crippen LogP contribution is -2.41. The van der Waals surface area contributed by atoms with Crippen LogP contribution in [0.5, 0.6) is 0 Å². The van der Waals surface area contributed by atoms with Crippen LogP contribution in [0, 0.1) is 12.8 Å². The Labute approximate surface area is 217 Å². The van der Waals surface area contributed by atoms with Gasteiger partial charge >= 0.3 is 0 Å². The van der Waals surface area contributed by atoms with E-state index < -0.39 is 10.0 Å². The number of nitrogens with zero attached hydrogens (tertiary/aromatic N) is 2. The second kappa shape index (κ2) is 10.7. The van der Waals surface area contributed by atoms with Crippen molar-refractivity contribution in [3.8, 4) is 0 Å². The van der Waals surface area contributed by atoms with Gasteiger partial charge in [-0.3, -0.25) is 9.59 Å². The molecule has 8 nitrogen and oxygen atoms in total. The van der Waals surface area contributed by atoms with E-state index in [1.807, 2.05) is 30.0 Å². The van der Waals surface area contributed by atoms with Crippen LogP contribution in [-0.4, -0.2) is 55.6 Å². The number of anilines is 1. The number of fused-ring (bicyclic) bond motifs is 1. The van der Waals surface area contributed by atoms with E-state index in [-0.39, 0.29) is 41.5 Å². The van der Waals surface area contributed by atoms with Crippen LogP contribution >= 0.6 is 0 Å². The van der Waals surface area contributed by atoms with Crippen LogP contribution in [0.15, 0.2) is 57.8 Å². The van der Waals surface area contributed by atoms with Gasteiger partial charge in [0.05, 0.1) is 4.90 Å². The Morgan fingerprint density at radius 1 is 0.892 bits per heavy atom. The smallest absolute Gasteiger partial charge is 0.291 e. The first-order valence-corrected chi connectivity index (χ1v) is 14.5. The van der Waals surface area contributed by atoms with Crippen molar-refractivity contribution in [1.29, 1.82) is 0 Å². The molecule has 3 aromatic rings. The highest BCUT2D eigenvalue weighted by Gasteiger charge is 2.34. The summed E-state index contributed by atoms with van der Waals surface area (Å²) < 4.78 is 33.5. The summed E-state index contributed by atoms with van der Waals surface area (Å²) >= 11 is 0. The molecule has 37 heavy (non-hydrogen) atoms. The van der Waals surface area contributed by atoms with Crippen LogP contribution in [-0.2, 0) is 14.8 Å². The number of carbonyl (C=O) groups excluding carboxylic acids is 2. The summed E-state index contributed by atoms with van der Waals surface area (Å²) in [7, 11) is -3.60. The molecule has 2 aromatic carbocycles. The van der Waals surface area contributed by atoms with Crippen molar-refractivity contribution in [3.05, 3.63) is 59.9 Å². The lowest BCUT2D eigenvalue weighted by atomic mass is 9.97. The summed E-state index contributed by atoms with van der Waals surface area (Å²) in [5.41, 5.74) is 1.95. The first-order chi connectivity index (χ1) is 17.8. The number of hydrogen-bond donors (Lipinski definition) is 1. The van der Waals surface area contributed by atoms with Gasteiger partial charge in [-0.05, 0) is 56.9 Å². The number of hydrogen-bond acceptors (Lipinski definition) is 5. The van der Waals surface area contributed by atoms with Crippen molar-refractivity contribution in [2.45, 2.75) is 50.3 Å². The van der Waals surface area contributed by atoms with Gasteiger partial charge in [-0.15, -0.1) is 0 Å². The number of aryl methyl sites for hydroxylation is 1. The molecule has 5 rings (SSSR count). The number of sulfonamides is 1. The molecule has 1 N–H and O–H groups in total. The molecule has 2 amide bonds. The molecule has 0 unspecified atom stereocenters. The summed E-state index contributed by atoms with van der Waals surface area (Å²) in [6, 6.07) is 14.1. The van der Waals surface area contributed by atoms with Crippen LogP contribution in [0.4, 0.5) is 5.69 Å². The SMILES string of the molecule is Cc1ccc(S(=O)(=O)N2CCC(C(=O)Nc3c(C(=O)N4CCCCCC4)oc4ccccc34)CC2)cc1. The van der Waals surface area contributed by atoms with E-state index >= 15 is 0 Å². The Kier molecular flexibility index (Phi) is 7.35. The third kappa shape index (κ3) is 5.29. The molecule has 2 aliphatic heterocycles. The topological polar surface area (TPSA) is 99.9 Å². The monoisotopic (exact) mass is 523 g/mol. The lowest BCUT2D eigenvalue weighted by molar-refractivity contribution is -0.120. The highest BCUT2D eigenvalue weighted by atomic mass is 32.2. The molecule has 2 aliphatic rings. The van der Waals surface area contributed by atoms with E-state index in [1.54, 1.807) is 30.3 Å². The lowest BCUT2D eigenvalue weighted by Gasteiger charge is -2.30. The fraction of sp³-hybridized carbons (Fsp3) is 0.429. The summed E-state index contributed by atoms with van der Waals surface area (Å²) in [6.45, 7) is 3.80. The maximum absolute atomic E-state index is 13.4. The van der Waals surface area contributed by atoms with Crippen LogP contribution in [0.1, 0.15) is 54.6 Å². The van der Waals surface area contributed by atoms with E-state index in [4.69, 9.17) is 4.42 Å². The summed E-state index contributed by atoms with van der Waals surface area (Å²) in [5, 5.41) is 3.67. The van der Waals surface area contributed by atoms with Crippen LogP contribution < -0.4 is 5.32 Å². The second-order valence-electron chi connectivity index (χ2n) is 9.99. The zero-order chi connectivity index (χ0) is 26.0. The molecular weight excluding hydrogens is 490 g/mol. The van der Waals surface area contributed by atoms with E-state index in [1.165, 1.54) is 4.31 Å². The van der Waals surface area contributed by atoms with Crippen molar-refractivity contribution in [1.82, 2.24) is 9.21 Å². The minimum Gasteiger partial charge on any atom is -0.449 e. The number of nitrogens with one attached hydrogen (secondary N) is 1. The summed E-state index contributed by atoms with van der Waals surface area (Å²) in [6.07, 6.45) is 4.93. The molecular formula is C28H33N3O5S. The average Bonchev–Trinajstić information content (AvgIpc) is 3.07. The Morgan fingerprint density at radius 2 is 1.54 bits per heavy atom. The van der Waals surface area contributed by atoms with Gasteiger partial charge in [0.1, 0.15) is 11.3 Å². The third-order valence-electron chi connectivity index (χ3n) is 7.41. The molecule has 1 aromatic heterocycles. The van der Waals surface area contributed by atoms with Gasteiger partial charge in [0.25, 0.3) is 5.91 Å². The molecule has 0 spiro atoms. The average molecular weight is 524 g/mol. The van der Waals surface area contributed by atoms with Crippen LogP contribution in [0.25, 0.3) is 11.0 Å². The summed E-state index contributed by atoms with van der Waals surface area (Å²) in [4.78, 5) is 28.8. The maximum Gasteiger partial charge on any atom is 0.291 e. The Morgan fingerprint density at radius 3 is 2.22 bits per heavy atom. The number of benzene rings is 2. The fourth-order valence-electron chi connectivity index (χ4n) is 5.18. The number of furan rings is 1. The Bertz CT molecular complexity index is 1380. The first kappa shape index (κ1) is 25.5. The quantitative estimate of drug-likeness (QED) is 0.518. The highest BCUT2D eigenvalue weighted by Crippen LogP contribution is 2.34.